The highest BCUT2D eigenvalue weighted by Crippen LogP contribution is 2.12. The molecule has 0 radical (unpaired) electrons. The summed E-state index contributed by atoms with van der Waals surface area (Å²) in [6, 6.07) is 0. The number of hydrogen-bond donors (Lipinski definition) is 1. The van der Waals surface area contributed by atoms with Crippen LogP contribution >= 0.6 is 0 Å². The van der Waals surface area contributed by atoms with Crippen LogP contribution in [0.1, 0.15) is 41.0 Å². The first-order valence-corrected chi connectivity index (χ1v) is 5.13. The molecule has 1 unspecified atom stereocenters. The summed E-state index contributed by atoms with van der Waals surface area (Å²) < 4.78 is 4.98. The zero-order valence-corrected chi connectivity index (χ0v) is 9.83. The smallest absolute Gasteiger partial charge is 0.337 e. The van der Waals surface area contributed by atoms with E-state index in [1.54, 1.807) is 0 Å². The molecule has 0 rings (SSSR count). The largest absolute Gasteiger partial charge is 0.463 e. The second-order valence-corrected chi connectivity index (χ2v) is 4.89. The lowest BCUT2D eigenvalue weighted by molar-refractivity contribution is -0.163. The second-order valence-electron chi connectivity index (χ2n) is 4.89. The van der Waals surface area contributed by atoms with E-state index in [0.29, 0.717) is 18.4 Å². The molecule has 1 N–H and O–H groups in total. The van der Waals surface area contributed by atoms with Crippen molar-refractivity contribution in [2.24, 2.45) is 11.8 Å². The van der Waals surface area contributed by atoms with E-state index >= 15 is 0 Å². The minimum absolute atomic E-state index is 0.348. The Balaban J connectivity index is 3.78. The van der Waals surface area contributed by atoms with Gasteiger partial charge >= 0.3 is 5.97 Å². The first kappa shape index (κ1) is 13.4. The normalized spacial score (nSPS) is 14.2. The third-order valence-corrected chi connectivity index (χ3v) is 1.87. The number of carbonyl (C=O) groups excluding carboxylic acids is 1. The van der Waals surface area contributed by atoms with Crippen LogP contribution in [0.4, 0.5) is 0 Å². The molecule has 0 aromatic carbocycles. The molecule has 0 fully saturated rings. The number of ether oxygens (including phenoxy) is 1. The van der Waals surface area contributed by atoms with Gasteiger partial charge in [0.15, 0.2) is 5.60 Å². The van der Waals surface area contributed by atoms with Gasteiger partial charge in [-0.05, 0) is 32.1 Å². The SMILES string of the molecule is CC(C)CC(C)COC(=O)C(C)(C)O. The Morgan fingerprint density at radius 3 is 2.21 bits per heavy atom. The highest BCUT2D eigenvalue weighted by Gasteiger charge is 2.25. The zero-order valence-electron chi connectivity index (χ0n) is 9.83. The van der Waals surface area contributed by atoms with E-state index in [0.717, 1.165) is 6.42 Å². The summed E-state index contributed by atoms with van der Waals surface area (Å²) in [5.74, 6) is 0.403. The molecular formula is C11H22O3. The van der Waals surface area contributed by atoms with Crippen LogP contribution in [0.5, 0.6) is 0 Å². The molecule has 0 saturated carbocycles. The Kier molecular flexibility index (Phi) is 5.13. The van der Waals surface area contributed by atoms with E-state index < -0.39 is 11.6 Å². The minimum atomic E-state index is -1.38. The number of aliphatic hydroxyl groups is 1. The van der Waals surface area contributed by atoms with Crippen molar-refractivity contribution in [3.63, 3.8) is 0 Å². The number of esters is 1. The molecule has 0 aromatic rings. The van der Waals surface area contributed by atoms with Crippen LogP contribution in [-0.2, 0) is 9.53 Å². The topological polar surface area (TPSA) is 46.5 Å². The Bertz CT molecular complexity index is 179. The van der Waals surface area contributed by atoms with Gasteiger partial charge in [-0.25, -0.2) is 4.79 Å². The molecule has 14 heavy (non-hydrogen) atoms. The Hall–Kier alpha value is -0.570. The van der Waals surface area contributed by atoms with Crippen molar-refractivity contribution in [2.75, 3.05) is 6.61 Å². The molecule has 0 saturated heterocycles. The highest BCUT2D eigenvalue weighted by atomic mass is 16.5. The Morgan fingerprint density at radius 2 is 1.86 bits per heavy atom. The van der Waals surface area contributed by atoms with Crippen molar-refractivity contribution in [3.8, 4) is 0 Å². The molecule has 0 heterocycles. The molecule has 0 aliphatic heterocycles. The quantitative estimate of drug-likeness (QED) is 0.693. The summed E-state index contributed by atoms with van der Waals surface area (Å²) in [5.41, 5.74) is -1.38. The van der Waals surface area contributed by atoms with Gasteiger partial charge in [0.05, 0.1) is 6.61 Å². The zero-order chi connectivity index (χ0) is 11.4. The van der Waals surface area contributed by atoms with Gasteiger partial charge in [-0.2, -0.15) is 0 Å². The third-order valence-electron chi connectivity index (χ3n) is 1.87. The molecule has 3 heteroatoms. The average molecular weight is 202 g/mol. The monoisotopic (exact) mass is 202 g/mol. The summed E-state index contributed by atoms with van der Waals surface area (Å²) in [5, 5.41) is 9.31. The summed E-state index contributed by atoms with van der Waals surface area (Å²) in [6.45, 7) is 9.56. The lowest BCUT2D eigenvalue weighted by Crippen LogP contribution is -2.34. The second kappa shape index (κ2) is 5.35. The van der Waals surface area contributed by atoms with Crippen LogP contribution in [-0.4, -0.2) is 23.3 Å². The van der Waals surface area contributed by atoms with E-state index in [4.69, 9.17) is 4.74 Å². The van der Waals surface area contributed by atoms with Crippen molar-refractivity contribution in [2.45, 2.75) is 46.6 Å². The van der Waals surface area contributed by atoms with Gasteiger partial charge in [0, 0.05) is 0 Å². The summed E-state index contributed by atoms with van der Waals surface area (Å²) in [4.78, 5) is 11.2. The lowest BCUT2D eigenvalue weighted by Gasteiger charge is -2.19. The third kappa shape index (κ3) is 5.97. The van der Waals surface area contributed by atoms with Crippen molar-refractivity contribution < 1.29 is 14.6 Å². The molecule has 0 aliphatic rings. The Morgan fingerprint density at radius 1 is 1.36 bits per heavy atom. The molecule has 0 aliphatic carbocycles. The number of carbonyl (C=O) groups is 1. The number of rotatable bonds is 5. The fourth-order valence-electron chi connectivity index (χ4n) is 1.27. The molecule has 3 nitrogen and oxygen atoms in total. The maximum Gasteiger partial charge on any atom is 0.337 e. The van der Waals surface area contributed by atoms with Gasteiger partial charge in [0.2, 0.25) is 0 Å². The molecule has 0 aromatic heterocycles. The van der Waals surface area contributed by atoms with Crippen LogP contribution in [0.25, 0.3) is 0 Å². The molecular weight excluding hydrogens is 180 g/mol. The van der Waals surface area contributed by atoms with Crippen LogP contribution in [0.3, 0.4) is 0 Å². The van der Waals surface area contributed by atoms with E-state index in [9.17, 15) is 9.90 Å². The molecule has 0 bridgehead atoms. The Labute approximate surface area is 86.5 Å². The molecule has 1 atom stereocenters. The molecule has 0 spiro atoms. The van der Waals surface area contributed by atoms with Gasteiger partial charge in [0.25, 0.3) is 0 Å². The van der Waals surface area contributed by atoms with Gasteiger partial charge in [-0.15, -0.1) is 0 Å². The average Bonchev–Trinajstić information content (AvgIpc) is 1.96. The molecule has 0 amide bonds. The standard InChI is InChI=1S/C11H22O3/c1-8(2)6-9(3)7-14-10(12)11(4,5)13/h8-9,13H,6-7H2,1-5H3. The van der Waals surface area contributed by atoms with Gasteiger partial charge < -0.3 is 9.84 Å². The van der Waals surface area contributed by atoms with Crippen LogP contribution in [0.2, 0.25) is 0 Å². The predicted molar refractivity (Wildman–Crippen MR) is 55.9 cm³/mol. The van der Waals surface area contributed by atoms with Crippen LogP contribution in [0.15, 0.2) is 0 Å². The van der Waals surface area contributed by atoms with Crippen LogP contribution in [0, 0.1) is 11.8 Å². The van der Waals surface area contributed by atoms with Crippen molar-refractivity contribution in [1.29, 1.82) is 0 Å². The number of hydrogen-bond acceptors (Lipinski definition) is 3. The van der Waals surface area contributed by atoms with E-state index in [1.165, 1.54) is 13.8 Å². The minimum Gasteiger partial charge on any atom is -0.463 e. The molecule has 84 valence electrons. The van der Waals surface area contributed by atoms with Crippen molar-refractivity contribution in [1.82, 2.24) is 0 Å². The van der Waals surface area contributed by atoms with Gasteiger partial charge in [-0.1, -0.05) is 20.8 Å². The maximum atomic E-state index is 11.2. The van der Waals surface area contributed by atoms with Gasteiger partial charge in [0.1, 0.15) is 0 Å². The van der Waals surface area contributed by atoms with Crippen molar-refractivity contribution in [3.05, 3.63) is 0 Å². The van der Waals surface area contributed by atoms with E-state index in [-0.39, 0.29) is 0 Å². The van der Waals surface area contributed by atoms with Gasteiger partial charge in [-0.3, -0.25) is 0 Å². The first-order chi connectivity index (χ1) is 6.23. The predicted octanol–water partition coefficient (Wildman–Crippen LogP) is 1.98. The fraction of sp³-hybridized carbons (Fsp3) is 0.909. The van der Waals surface area contributed by atoms with Crippen molar-refractivity contribution >= 4 is 5.97 Å². The lowest BCUT2D eigenvalue weighted by atomic mass is 10.00. The maximum absolute atomic E-state index is 11.2. The summed E-state index contributed by atoms with van der Waals surface area (Å²) in [6.07, 6.45) is 1.03. The summed E-state index contributed by atoms with van der Waals surface area (Å²) in [7, 11) is 0. The highest BCUT2D eigenvalue weighted by molar-refractivity contribution is 5.78. The first-order valence-electron chi connectivity index (χ1n) is 5.13. The van der Waals surface area contributed by atoms with E-state index in [1.807, 2.05) is 6.92 Å². The van der Waals surface area contributed by atoms with E-state index in [2.05, 4.69) is 13.8 Å². The fourth-order valence-corrected chi connectivity index (χ4v) is 1.27. The van der Waals surface area contributed by atoms with Crippen LogP contribution < -0.4 is 0 Å². The summed E-state index contributed by atoms with van der Waals surface area (Å²) >= 11 is 0.